The minimum atomic E-state index is -4.99. The van der Waals surface area contributed by atoms with Gasteiger partial charge in [0.15, 0.2) is 6.29 Å². The van der Waals surface area contributed by atoms with Crippen molar-refractivity contribution in [2.24, 2.45) is 0 Å². The number of benzene rings is 1. The first-order chi connectivity index (χ1) is 9.82. The molecule has 0 N–H and O–H groups in total. The van der Waals surface area contributed by atoms with Gasteiger partial charge in [-0.05, 0) is 24.6 Å². The Hall–Kier alpha value is -2.56. The van der Waals surface area contributed by atoms with Gasteiger partial charge in [0, 0.05) is 0 Å². The number of nitriles is 1. The smallest absolute Gasteiger partial charge is 0.466 e. The number of nitrogens with zero attached hydrogens (tertiary/aromatic N) is 1. The van der Waals surface area contributed by atoms with Gasteiger partial charge in [-0.15, -0.1) is 13.2 Å². The summed E-state index contributed by atoms with van der Waals surface area (Å²) in [6, 6.07) is 3.60. The molecule has 0 heterocycles. The molecule has 0 aliphatic rings. The van der Waals surface area contributed by atoms with Gasteiger partial charge in [-0.2, -0.15) is 5.26 Å². The molecule has 1 rings (SSSR count). The van der Waals surface area contributed by atoms with Gasteiger partial charge in [-0.25, -0.2) is 0 Å². The Bertz CT molecular complexity index is 590. The van der Waals surface area contributed by atoms with E-state index in [1.165, 1.54) is 0 Å². The summed E-state index contributed by atoms with van der Waals surface area (Å²) in [5, 5.41) is 8.92. The van der Waals surface area contributed by atoms with Crippen LogP contribution < -0.4 is 4.74 Å². The summed E-state index contributed by atoms with van der Waals surface area (Å²) in [5.74, 6) is -1.53. The van der Waals surface area contributed by atoms with Crippen molar-refractivity contribution >= 4 is 12.3 Å². The van der Waals surface area contributed by atoms with Crippen molar-refractivity contribution in [2.75, 3.05) is 6.61 Å². The fourth-order valence-corrected chi connectivity index (χ4v) is 1.64. The Kier molecular flexibility index (Phi) is 5.30. The maximum Gasteiger partial charge on any atom is 0.573 e. The SMILES string of the molecule is CCOC(=O)Cc1c(C#N)ccc(OC(F)(F)F)c1C=O. The van der Waals surface area contributed by atoms with E-state index in [1.807, 2.05) is 0 Å². The maximum atomic E-state index is 12.3. The van der Waals surface area contributed by atoms with Crippen LogP contribution in [0.2, 0.25) is 0 Å². The van der Waals surface area contributed by atoms with Crippen LogP contribution in [0, 0.1) is 11.3 Å². The topological polar surface area (TPSA) is 76.4 Å². The molecule has 0 saturated heterocycles. The zero-order valence-electron chi connectivity index (χ0n) is 10.9. The number of ether oxygens (including phenoxy) is 2. The summed E-state index contributed by atoms with van der Waals surface area (Å²) in [6.07, 6.45) is -5.39. The van der Waals surface area contributed by atoms with Crippen LogP contribution in [0.25, 0.3) is 0 Å². The standard InChI is InChI=1S/C13H10F3NO4/c1-2-20-12(19)5-9-8(6-17)3-4-11(10(9)7-18)21-13(14,15)16/h3-4,7H,2,5H2,1H3. The van der Waals surface area contributed by atoms with E-state index in [2.05, 4.69) is 9.47 Å². The Morgan fingerprint density at radius 2 is 2.10 bits per heavy atom. The minimum Gasteiger partial charge on any atom is -0.466 e. The second-order valence-corrected chi connectivity index (χ2v) is 3.76. The molecule has 0 fully saturated rings. The van der Waals surface area contributed by atoms with Crippen LogP contribution >= 0.6 is 0 Å². The van der Waals surface area contributed by atoms with Gasteiger partial charge in [-0.1, -0.05) is 0 Å². The van der Waals surface area contributed by atoms with E-state index in [4.69, 9.17) is 5.26 Å². The first kappa shape index (κ1) is 16.5. The maximum absolute atomic E-state index is 12.3. The molecule has 0 aromatic heterocycles. The number of aldehydes is 1. The normalized spacial score (nSPS) is 10.6. The van der Waals surface area contributed by atoms with Crippen LogP contribution in [0.15, 0.2) is 12.1 Å². The predicted octanol–water partition coefficient (Wildman–Crippen LogP) is 2.37. The lowest BCUT2D eigenvalue weighted by Gasteiger charge is -2.14. The van der Waals surface area contributed by atoms with Crippen molar-refractivity contribution in [1.82, 2.24) is 0 Å². The lowest BCUT2D eigenvalue weighted by molar-refractivity contribution is -0.274. The average Bonchev–Trinajstić information content (AvgIpc) is 2.37. The summed E-state index contributed by atoms with van der Waals surface area (Å²) in [7, 11) is 0. The lowest BCUT2D eigenvalue weighted by Crippen LogP contribution is -2.19. The fourth-order valence-electron chi connectivity index (χ4n) is 1.64. The van der Waals surface area contributed by atoms with Crippen molar-refractivity contribution in [1.29, 1.82) is 5.26 Å². The minimum absolute atomic E-state index is 0.0654. The fraction of sp³-hybridized carbons (Fsp3) is 0.308. The van der Waals surface area contributed by atoms with Gasteiger partial charge in [0.25, 0.3) is 0 Å². The third kappa shape index (κ3) is 4.49. The van der Waals surface area contributed by atoms with E-state index in [9.17, 15) is 22.8 Å². The number of esters is 1. The molecule has 0 saturated carbocycles. The number of hydrogen-bond donors (Lipinski definition) is 0. The first-order valence-corrected chi connectivity index (χ1v) is 5.74. The van der Waals surface area contributed by atoms with Crippen LogP contribution in [0.1, 0.15) is 28.4 Å². The molecule has 0 amide bonds. The van der Waals surface area contributed by atoms with Crippen molar-refractivity contribution in [3.63, 3.8) is 0 Å². The highest BCUT2D eigenvalue weighted by Gasteiger charge is 2.33. The lowest BCUT2D eigenvalue weighted by atomic mass is 9.98. The molecule has 1 aromatic carbocycles. The van der Waals surface area contributed by atoms with Gasteiger partial charge < -0.3 is 9.47 Å². The molecule has 0 aliphatic carbocycles. The van der Waals surface area contributed by atoms with E-state index in [1.54, 1.807) is 13.0 Å². The second-order valence-electron chi connectivity index (χ2n) is 3.76. The number of carbonyl (C=O) groups is 2. The quantitative estimate of drug-likeness (QED) is 0.616. The molecule has 112 valence electrons. The van der Waals surface area contributed by atoms with Crippen molar-refractivity contribution in [3.05, 3.63) is 28.8 Å². The zero-order valence-corrected chi connectivity index (χ0v) is 10.9. The summed E-state index contributed by atoms with van der Waals surface area (Å²) >= 11 is 0. The Labute approximate surface area is 117 Å². The molecule has 1 aromatic rings. The molecule has 0 atom stereocenters. The monoisotopic (exact) mass is 301 g/mol. The molecule has 8 heteroatoms. The number of halogens is 3. The zero-order chi connectivity index (χ0) is 16.0. The van der Waals surface area contributed by atoms with Crippen LogP contribution in [-0.2, 0) is 16.0 Å². The predicted molar refractivity (Wildman–Crippen MR) is 63.6 cm³/mol. The molecule has 0 radical (unpaired) electrons. The van der Waals surface area contributed by atoms with Gasteiger partial charge in [-0.3, -0.25) is 9.59 Å². The third-order valence-corrected chi connectivity index (χ3v) is 2.41. The van der Waals surface area contributed by atoms with E-state index in [0.717, 1.165) is 12.1 Å². The van der Waals surface area contributed by atoms with Crippen LogP contribution in [0.5, 0.6) is 5.75 Å². The molecule has 0 unspecified atom stereocenters. The Morgan fingerprint density at radius 1 is 1.43 bits per heavy atom. The number of rotatable bonds is 5. The molecule has 21 heavy (non-hydrogen) atoms. The van der Waals surface area contributed by atoms with Gasteiger partial charge >= 0.3 is 12.3 Å². The number of alkyl halides is 3. The Balaban J connectivity index is 3.30. The molecular weight excluding hydrogens is 291 g/mol. The molecule has 0 bridgehead atoms. The van der Waals surface area contributed by atoms with E-state index < -0.39 is 30.1 Å². The Morgan fingerprint density at radius 3 is 2.57 bits per heavy atom. The van der Waals surface area contributed by atoms with E-state index in [-0.39, 0.29) is 24.0 Å². The second kappa shape index (κ2) is 6.74. The van der Waals surface area contributed by atoms with Gasteiger partial charge in [0.05, 0.1) is 30.2 Å². The summed E-state index contributed by atoms with van der Waals surface area (Å²) in [4.78, 5) is 22.5. The highest BCUT2D eigenvalue weighted by molar-refractivity contribution is 5.86. The first-order valence-electron chi connectivity index (χ1n) is 5.74. The van der Waals surface area contributed by atoms with Gasteiger partial charge in [0.1, 0.15) is 5.75 Å². The van der Waals surface area contributed by atoms with Crippen molar-refractivity contribution < 1.29 is 32.2 Å². The number of carbonyl (C=O) groups excluding carboxylic acids is 2. The molecule has 0 aliphatic heterocycles. The van der Waals surface area contributed by atoms with Crippen LogP contribution in [-0.4, -0.2) is 25.2 Å². The van der Waals surface area contributed by atoms with Crippen LogP contribution in [0.3, 0.4) is 0 Å². The van der Waals surface area contributed by atoms with E-state index >= 15 is 0 Å². The molecular formula is C13H10F3NO4. The summed E-state index contributed by atoms with van der Waals surface area (Å²) in [5.41, 5.74) is -0.758. The highest BCUT2D eigenvalue weighted by atomic mass is 19.4. The van der Waals surface area contributed by atoms with E-state index in [0.29, 0.717) is 0 Å². The largest absolute Gasteiger partial charge is 0.573 e. The summed E-state index contributed by atoms with van der Waals surface area (Å²) in [6.45, 7) is 1.61. The summed E-state index contributed by atoms with van der Waals surface area (Å²) < 4.78 is 45.2. The van der Waals surface area contributed by atoms with Crippen LogP contribution in [0.4, 0.5) is 13.2 Å². The van der Waals surface area contributed by atoms with Crippen molar-refractivity contribution in [3.8, 4) is 11.8 Å². The number of hydrogen-bond acceptors (Lipinski definition) is 5. The molecule has 5 nitrogen and oxygen atoms in total. The highest BCUT2D eigenvalue weighted by Crippen LogP contribution is 2.29. The van der Waals surface area contributed by atoms with Gasteiger partial charge in [0.2, 0.25) is 0 Å². The van der Waals surface area contributed by atoms with Crippen molar-refractivity contribution in [2.45, 2.75) is 19.7 Å². The molecule has 0 spiro atoms. The average molecular weight is 301 g/mol. The third-order valence-electron chi connectivity index (χ3n) is 2.41.